The molecule has 0 saturated heterocycles. The van der Waals surface area contributed by atoms with Gasteiger partial charge in [-0.2, -0.15) is 0 Å². The smallest absolute Gasteiger partial charge is 0.191 e. The van der Waals surface area contributed by atoms with Gasteiger partial charge >= 0.3 is 0 Å². The van der Waals surface area contributed by atoms with Crippen LogP contribution in [0.4, 0.5) is 30.6 Å². The van der Waals surface area contributed by atoms with Crippen LogP contribution >= 0.6 is 35.3 Å². The van der Waals surface area contributed by atoms with Gasteiger partial charge in [0.2, 0.25) is 0 Å². The van der Waals surface area contributed by atoms with Gasteiger partial charge in [0.15, 0.2) is 66.4 Å². The molecule has 0 radical (unpaired) electrons. The van der Waals surface area contributed by atoms with Crippen molar-refractivity contribution in [3.63, 3.8) is 0 Å². The van der Waals surface area contributed by atoms with Crippen LogP contribution in [0.15, 0.2) is 70.1 Å². The van der Waals surface area contributed by atoms with E-state index in [0.29, 0.717) is 71.2 Å². The molecule has 6 fully saturated rings. The lowest BCUT2D eigenvalue weighted by Gasteiger charge is -2.17. The largest absolute Gasteiger partial charge is 0.394 e. The van der Waals surface area contributed by atoms with Crippen molar-refractivity contribution in [2.45, 2.75) is 224 Å². The molecule has 30 nitrogen and oxygen atoms in total. The Hall–Kier alpha value is -7.14. The van der Waals surface area contributed by atoms with E-state index in [1.807, 2.05) is 18.2 Å². The van der Waals surface area contributed by atoms with Gasteiger partial charge in [-0.25, -0.2) is 57.1 Å². The van der Waals surface area contributed by atoms with Gasteiger partial charge < -0.3 is 76.1 Å². The van der Waals surface area contributed by atoms with Crippen LogP contribution in [0.2, 0.25) is 0 Å². The summed E-state index contributed by atoms with van der Waals surface area (Å²) in [6.45, 7) is -5.15. The number of thioether (sulfide) groups is 3. The molecule has 9 aromatic rings. The van der Waals surface area contributed by atoms with Crippen LogP contribution in [0.1, 0.15) is 175 Å². The zero-order valence-electron chi connectivity index (χ0n) is 78.6. The fourth-order valence-corrected chi connectivity index (χ4v) is 14.9. The average Bonchev–Trinajstić information content (AvgIpc) is 1.58. The number of benzene rings is 3. The third-order valence-corrected chi connectivity index (χ3v) is 21.5. The summed E-state index contributed by atoms with van der Waals surface area (Å²) in [7, 11) is 0. The summed E-state index contributed by atoms with van der Waals surface area (Å²) >= 11 is 1.35. The maximum atomic E-state index is 14.2. The fraction of sp³-hybridized carbons (Fsp3) is 0.583. The Kier molecular flexibility index (Phi) is 18.5. The molecule has 0 aliphatic heterocycles. The summed E-state index contributed by atoms with van der Waals surface area (Å²) in [6.07, 6.45) is -18.2. The summed E-state index contributed by atoms with van der Waals surface area (Å²) in [6, 6.07) is 11.5. The van der Waals surface area contributed by atoms with E-state index in [4.69, 9.17) is 41.6 Å². The van der Waals surface area contributed by atoms with Crippen molar-refractivity contribution in [1.82, 2.24) is 74.9 Å². The summed E-state index contributed by atoms with van der Waals surface area (Å²) in [5.74, 6) is -0.579. The summed E-state index contributed by atoms with van der Waals surface area (Å²) in [5, 5.41) is 126. The van der Waals surface area contributed by atoms with Gasteiger partial charge in [0, 0.05) is 88.7 Å². The number of halogens is 3. The molecule has 0 bridgehead atoms. The SMILES string of the molecule is [2H]C([2H])(C)C([2H])([2H])Sc1nc(N[C@@H]2C[C@H]2c2ccc(C)c(F)c2)c2nnn([C@@H]3C[C@H](OC([2H])([2H])C([2H])([2H])O)[C@@H](O)[C@H]3O)c2n1.[2H]C([2H])(CO)O[C@H]1C[C@@H](n2nnc3c(N[C@@H]4C[C@H]4c4ccc(C)c(F)c4)nc(SC([2H])([2H])C([2H])([2H])C)nc32)[C@H](O)[C@@H]1O.[2H]C([2H])(O)CO[C@H]1C[C@@H](n2nnc3c(N[C@@H]4C[C@H]4c4ccc(C)c(F)c4)nc(SC([2H])([2H])C([2H])([2H])C)nc32)[C@H](O)[C@@H]1O. The van der Waals surface area contributed by atoms with E-state index in [0.717, 1.165) is 42.1 Å². The number of fused-ring (bicyclic) bond motifs is 3. The molecule has 0 unspecified atom stereocenters. The molecule has 6 aliphatic rings. The number of ether oxygens (including phenoxy) is 3. The second-order valence-corrected chi connectivity index (χ2v) is 28.9. The van der Waals surface area contributed by atoms with E-state index in [1.54, 1.807) is 39.0 Å². The monoisotopic (exact) mass is 1570 g/mol. The van der Waals surface area contributed by atoms with Gasteiger partial charge in [-0.1, -0.05) is 108 Å². The highest BCUT2D eigenvalue weighted by Crippen LogP contribution is 2.48. The number of rotatable bonds is 30. The van der Waals surface area contributed by atoms with Crippen molar-refractivity contribution in [1.29, 1.82) is 0 Å². The first-order valence-corrected chi connectivity index (χ1v) is 36.8. The third kappa shape index (κ3) is 17.5. The highest BCUT2D eigenvalue weighted by molar-refractivity contribution is 7.99. The molecule has 582 valence electrons. The number of aromatic nitrogens is 15. The summed E-state index contributed by atoms with van der Waals surface area (Å²) in [4.78, 5) is 26.4. The van der Waals surface area contributed by atoms with Crippen molar-refractivity contribution in [3.8, 4) is 0 Å². The first-order chi connectivity index (χ1) is 59.2. The molecule has 6 aromatic heterocycles. The van der Waals surface area contributed by atoms with Crippen molar-refractivity contribution >= 4 is 86.2 Å². The maximum absolute atomic E-state index is 14.2. The molecule has 36 heteroatoms. The lowest BCUT2D eigenvalue weighted by atomic mass is 10.1. The number of hydrogen-bond donors (Lipinski definition) is 12. The van der Waals surface area contributed by atoms with Gasteiger partial charge in [0.1, 0.15) is 54.1 Å². The Labute approximate surface area is 661 Å². The number of aliphatic hydroxyl groups excluding tert-OH is 7. The molecule has 0 spiro atoms. The van der Waals surface area contributed by atoms with Crippen molar-refractivity contribution in [2.24, 2.45) is 0 Å². The normalized spacial score (nSPS) is 31.7. The van der Waals surface area contributed by atoms with Gasteiger partial charge in [-0.05, 0) is 111 Å². The number of anilines is 3. The molecule has 15 rings (SSSR count). The van der Waals surface area contributed by atoms with Crippen molar-refractivity contribution in [3.05, 3.63) is 105 Å². The number of hydrogen-bond acceptors (Lipinski definition) is 30. The minimum atomic E-state index is -3.41. The Balaban J connectivity index is 0.000000164. The number of nitrogens with one attached hydrogen (secondary N) is 3. The number of aliphatic hydroxyl groups is 9. The molecule has 18 atom stereocenters. The predicted octanol–water partition coefficient (Wildman–Crippen LogP) is 6.55. The number of aryl methyl sites for hydroxylation is 3. The standard InChI is InChI=1S/3C24H31FN6O4S/c3*1-3-8-36-24-27-22(26-16-10-14(16)13-5-4-12(2)15(25)9-13)19-23(28-24)31(30-29-19)17-11-18(35-7-6-32)21(34)20(17)33/h3*4-5,9,14,16-18,20-21,32-34H,3,6-8,10-11H2,1-2H3,(H,26,27,28)/t3*14-,16+,17+,18-,20-,21+/m000/s1/i3D2,6D2,7D2,8D2;3D2,7D2,8D2;3D2,6D2,8D2. The second kappa shape index (κ2) is 35.1. The van der Waals surface area contributed by atoms with E-state index >= 15 is 0 Å². The van der Waals surface area contributed by atoms with E-state index in [-0.39, 0.29) is 139 Å². The lowest BCUT2D eigenvalue weighted by molar-refractivity contribution is -0.0629. The minimum Gasteiger partial charge on any atom is -0.394 e. The Morgan fingerprint density at radius 2 is 0.769 bits per heavy atom. The molecule has 6 saturated carbocycles. The Morgan fingerprint density at radius 1 is 0.444 bits per heavy atom. The van der Waals surface area contributed by atoms with Crippen LogP contribution in [-0.4, -0.2) is 250 Å². The van der Waals surface area contributed by atoms with E-state index < -0.39 is 149 Å². The zero-order chi connectivity index (χ0) is 94.1. The topological polar surface area (TPSA) is 415 Å². The first kappa shape index (κ1) is 57.0. The highest BCUT2D eigenvalue weighted by Gasteiger charge is 2.49. The minimum absolute atomic E-state index is 0.0200. The van der Waals surface area contributed by atoms with Gasteiger partial charge in [0.25, 0.3) is 0 Å². The molecule has 6 aliphatic carbocycles. The van der Waals surface area contributed by atoms with E-state index in [9.17, 15) is 59.1 Å². The Morgan fingerprint density at radius 3 is 1.06 bits per heavy atom. The van der Waals surface area contributed by atoms with E-state index in [2.05, 4.69) is 76.8 Å². The summed E-state index contributed by atoms with van der Waals surface area (Å²) < 4.78 is 218. The van der Waals surface area contributed by atoms with Gasteiger partial charge in [-0.3, -0.25) is 0 Å². The fourth-order valence-electron chi connectivity index (χ4n) is 13.5. The van der Waals surface area contributed by atoms with Gasteiger partial charge in [-0.15, -0.1) is 15.3 Å². The number of nitrogens with zero attached hydrogens (tertiary/aromatic N) is 15. The predicted molar refractivity (Wildman–Crippen MR) is 398 cm³/mol. The molecule has 108 heavy (non-hydrogen) atoms. The van der Waals surface area contributed by atoms with Crippen LogP contribution in [-0.2, 0) is 14.2 Å². The van der Waals surface area contributed by atoms with Crippen molar-refractivity contribution < 1.29 is 101 Å². The molecule has 6 heterocycles. The molecular weight excluding hydrogens is 1460 g/mol. The zero-order valence-corrected chi connectivity index (χ0v) is 61.0. The molecular formula is C72H93F3N18O12S3. The van der Waals surface area contributed by atoms with Crippen LogP contribution in [0.25, 0.3) is 33.5 Å². The van der Waals surface area contributed by atoms with Crippen molar-refractivity contribution in [2.75, 3.05) is 72.5 Å². The van der Waals surface area contributed by atoms with Crippen LogP contribution in [0.5, 0.6) is 0 Å². The molecule has 0 amide bonds. The maximum Gasteiger partial charge on any atom is 0.191 e. The van der Waals surface area contributed by atoms with Gasteiger partial charge in [0.05, 0.1) is 86.9 Å². The first-order valence-electron chi connectivity index (χ1n) is 44.3. The lowest BCUT2D eigenvalue weighted by Crippen LogP contribution is -2.33. The van der Waals surface area contributed by atoms with Crippen LogP contribution in [0, 0.1) is 38.2 Å². The third-order valence-electron chi connectivity index (χ3n) is 19.5. The Bertz CT molecular complexity index is 5560. The average molecular weight is 1580 g/mol. The van der Waals surface area contributed by atoms with Crippen LogP contribution < -0.4 is 16.0 Å². The highest BCUT2D eigenvalue weighted by atomic mass is 32.2. The second-order valence-electron chi connectivity index (χ2n) is 26.5. The van der Waals surface area contributed by atoms with Crippen LogP contribution in [0.3, 0.4) is 0 Å². The molecule has 12 N–H and O–H groups in total. The molecule has 3 aromatic carbocycles. The van der Waals surface area contributed by atoms with E-state index in [1.165, 1.54) is 27.6 Å². The quantitative estimate of drug-likeness (QED) is 0.0168. The summed E-state index contributed by atoms with van der Waals surface area (Å²) in [5.41, 5.74) is -2.83.